The van der Waals surface area contributed by atoms with Crippen LogP contribution in [0.3, 0.4) is 0 Å². The van der Waals surface area contributed by atoms with Gasteiger partial charge in [-0.3, -0.25) is 0 Å². The van der Waals surface area contributed by atoms with Crippen LogP contribution in [0.4, 0.5) is 13.2 Å². The minimum atomic E-state index is -4.71. The molecule has 0 aliphatic carbocycles. The number of hydrogen-bond acceptors (Lipinski definition) is 4. The van der Waals surface area contributed by atoms with Crippen molar-refractivity contribution in [3.05, 3.63) is 54.9 Å². The van der Waals surface area contributed by atoms with E-state index in [0.29, 0.717) is 16.0 Å². The third-order valence-electron chi connectivity index (χ3n) is 3.57. The van der Waals surface area contributed by atoms with Crippen molar-refractivity contribution in [3.8, 4) is 17.1 Å². The predicted octanol–water partition coefficient (Wildman–Crippen LogP) is 2.50. The zero-order valence-electron chi connectivity index (χ0n) is 13.0. The van der Waals surface area contributed by atoms with Gasteiger partial charge in [-0.25, -0.2) is 0 Å². The maximum absolute atomic E-state index is 12.2. The molecule has 9 heteroatoms. The average Bonchev–Trinajstić information content (AvgIpc) is 3.23. The standard InChI is InChI=1S/C17H11AsF3N3O2/c19-17(20,21)26-13-4-1-10(2-5-13)15-9-22-16(25-15)18-12-3-6-14-11(7-12)8-23-24-14/h1-9,18H,(H,23,24). The number of rotatable bonds is 4. The van der Waals surface area contributed by atoms with E-state index in [4.69, 9.17) is 4.42 Å². The molecule has 5 nitrogen and oxygen atoms in total. The summed E-state index contributed by atoms with van der Waals surface area (Å²) in [5, 5.41) is 7.92. The Bertz CT molecular complexity index is 1040. The van der Waals surface area contributed by atoms with Gasteiger partial charge in [0.15, 0.2) is 0 Å². The molecule has 2 aromatic carbocycles. The van der Waals surface area contributed by atoms with E-state index in [1.165, 1.54) is 24.3 Å². The third kappa shape index (κ3) is 3.75. The van der Waals surface area contributed by atoms with E-state index < -0.39 is 22.1 Å². The van der Waals surface area contributed by atoms with Gasteiger partial charge in [0.2, 0.25) is 0 Å². The first-order chi connectivity index (χ1) is 12.5. The number of H-pyrrole nitrogens is 1. The molecule has 0 spiro atoms. The van der Waals surface area contributed by atoms with Gasteiger partial charge in [-0.2, -0.15) is 0 Å². The van der Waals surface area contributed by atoms with Crippen LogP contribution in [0.1, 0.15) is 0 Å². The first-order valence-electron chi connectivity index (χ1n) is 7.48. The van der Waals surface area contributed by atoms with Gasteiger partial charge in [-0.1, -0.05) is 0 Å². The number of aromatic nitrogens is 3. The Kier molecular flexibility index (Phi) is 4.20. The van der Waals surface area contributed by atoms with Crippen LogP contribution in [0, 0.1) is 0 Å². The van der Waals surface area contributed by atoms with Gasteiger partial charge in [0.25, 0.3) is 0 Å². The number of benzene rings is 2. The summed E-state index contributed by atoms with van der Waals surface area (Å²) in [6, 6.07) is 11.5. The molecule has 132 valence electrons. The fourth-order valence-corrected chi connectivity index (χ4v) is 4.38. The second-order valence-electron chi connectivity index (χ2n) is 5.40. The van der Waals surface area contributed by atoms with E-state index >= 15 is 0 Å². The quantitative estimate of drug-likeness (QED) is 0.515. The molecular formula is C17H11AsF3N3O2. The van der Waals surface area contributed by atoms with Crippen molar-refractivity contribution in [2.75, 3.05) is 0 Å². The van der Waals surface area contributed by atoms with Crippen molar-refractivity contribution in [3.63, 3.8) is 0 Å². The van der Waals surface area contributed by atoms with Gasteiger partial charge in [-0.15, -0.1) is 0 Å². The Morgan fingerprint density at radius 3 is 2.62 bits per heavy atom. The summed E-state index contributed by atoms with van der Waals surface area (Å²) in [7, 11) is 0. The molecule has 2 heterocycles. The van der Waals surface area contributed by atoms with Crippen molar-refractivity contribution in [2.45, 2.75) is 6.36 Å². The van der Waals surface area contributed by atoms with Crippen LogP contribution in [-0.2, 0) is 0 Å². The van der Waals surface area contributed by atoms with Crippen LogP contribution in [0.2, 0.25) is 0 Å². The van der Waals surface area contributed by atoms with Crippen molar-refractivity contribution < 1.29 is 22.3 Å². The molecule has 2 aromatic heterocycles. The van der Waals surface area contributed by atoms with Crippen molar-refractivity contribution in [1.82, 2.24) is 15.2 Å². The first-order valence-corrected chi connectivity index (χ1v) is 9.58. The van der Waals surface area contributed by atoms with Crippen LogP contribution in [-0.4, -0.2) is 37.3 Å². The number of nitrogens with one attached hydrogen (secondary N) is 1. The second-order valence-corrected chi connectivity index (χ2v) is 8.03. The van der Waals surface area contributed by atoms with Gasteiger partial charge >= 0.3 is 151 Å². The molecule has 0 aliphatic rings. The van der Waals surface area contributed by atoms with E-state index in [2.05, 4.69) is 19.9 Å². The van der Waals surface area contributed by atoms with Gasteiger partial charge in [0.05, 0.1) is 0 Å². The molecule has 0 saturated heterocycles. The Balaban J connectivity index is 1.50. The fourth-order valence-electron chi connectivity index (χ4n) is 2.43. The molecule has 4 rings (SSSR count). The summed E-state index contributed by atoms with van der Waals surface area (Å²) in [6.45, 7) is 0. The molecule has 1 atom stereocenters. The zero-order chi connectivity index (χ0) is 18.1. The number of aromatic amines is 1. The van der Waals surface area contributed by atoms with E-state index in [1.54, 1.807) is 12.4 Å². The molecule has 0 saturated carbocycles. The Morgan fingerprint density at radius 2 is 1.85 bits per heavy atom. The summed E-state index contributed by atoms with van der Waals surface area (Å²) in [5.41, 5.74) is 1.60. The number of ether oxygens (including phenoxy) is 1. The molecule has 1 unspecified atom stereocenters. The Hall–Kier alpha value is -2.73. The normalized spacial score (nSPS) is 12.3. The van der Waals surface area contributed by atoms with E-state index in [-0.39, 0.29) is 5.75 Å². The van der Waals surface area contributed by atoms with Crippen LogP contribution >= 0.6 is 0 Å². The van der Waals surface area contributed by atoms with Gasteiger partial charge in [0.1, 0.15) is 0 Å². The third-order valence-corrected chi connectivity index (χ3v) is 5.76. The molecule has 0 aliphatic heterocycles. The molecule has 4 aromatic rings. The molecule has 0 fully saturated rings. The van der Waals surface area contributed by atoms with Gasteiger partial charge in [0, 0.05) is 0 Å². The zero-order valence-corrected chi connectivity index (χ0v) is 15.1. The topological polar surface area (TPSA) is 63.9 Å². The number of halogens is 3. The molecule has 1 N–H and O–H groups in total. The monoisotopic (exact) mass is 421 g/mol. The van der Waals surface area contributed by atoms with E-state index in [9.17, 15) is 13.2 Å². The number of alkyl halides is 3. The van der Waals surface area contributed by atoms with Crippen LogP contribution < -0.4 is 13.8 Å². The molecule has 26 heavy (non-hydrogen) atoms. The maximum atomic E-state index is 12.2. The summed E-state index contributed by atoms with van der Waals surface area (Å²) in [5.74, 6) is 0.231. The minimum absolute atomic E-state index is 0.275. The van der Waals surface area contributed by atoms with Gasteiger partial charge in [-0.05, 0) is 0 Å². The summed E-state index contributed by atoms with van der Waals surface area (Å²) < 4.78 is 48.0. The molecular weight excluding hydrogens is 410 g/mol. The Labute approximate surface area is 151 Å². The predicted molar refractivity (Wildman–Crippen MR) is 91.1 cm³/mol. The summed E-state index contributed by atoms with van der Waals surface area (Å²) in [4.78, 5) is 4.29. The molecule has 0 radical (unpaired) electrons. The van der Waals surface area contributed by atoms with Crippen molar-refractivity contribution in [1.29, 1.82) is 0 Å². The fraction of sp³-hybridized carbons (Fsp3) is 0.0588. The number of oxazole rings is 1. The number of hydrogen-bond donors (Lipinski definition) is 1. The summed E-state index contributed by atoms with van der Waals surface area (Å²) >= 11 is -0.768. The average molecular weight is 421 g/mol. The number of fused-ring (bicyclic) bond motifs is 1. The van der Waals surface area contributed by atoms with Gasteiger partial charge < -0.3 is 0 Å². The van der Waals surface area contributed by atoms with Crippen molar-refractivity contribution in [2.24, 2.45) is 0 Å². The van der Waals surface area contributed by atoms with Crippen LogP contribution in [0.5, 0.6) is 5.75 Å². The molecule has 0 bridgehead atoms. The Morgan fingerprint density at radius 1 is 1.04 bits per heavy atom. The number of nitrogens with zero attached hydrogens (tertiary/aromatic N) is 2. The molecule has 0 amide bonds. The first kappa shape index (κ1) is 16.7. The SMILES string of the molecule is FC(F)(F)Oc1ccc(-c2cnc([AsH]c3ccc4[nH]ncc4c3)o2)cc1. The van der Waals surface area contributed by atoms with E-state index in [1.807, 2.05) is 18.2 Å². The van der Waals surface area contributed by atoms with Crippen molar-refractivity contribution >= 4 is 35.7 Å². The van der Waals surface area contributed by atoms with Crippen LogP contribution in [0.15, 0.2) is 59.3 Å². The van der Waals surface area contributed by atoms with E-state index in [0.717, 1.165) is 15.3 Å². The second kappa shape index (κ2) is 6.53. The van der Waals surface area contributed by atoms with Crippen LogP contribution in [0.25, 0.3) is 22.2 Å². The summed E-state index contributed by atoms with van der Waals surface area (Å²) in [6.07, 6.45) is -1.37.